The molecular formula is C19H23N3S. The zero-order chi connectivity index (χ0) is 16.1. The SMILES string of the molecule is Cc1cccc(NC(=S)NCCCN2CCc3ccccc32)c1. The maximum absolute atomic E-state index is 5.35. The number of nitrogens with zero attached hydrogens (tertiary/aromatic N) is 1. The highest BCUT2D eigenvalue weighted by molar-refractivity contribution is 7.80. The van der Waals surface area contributed by atoms with Gasteiger partial charge in [-0.15, -0.1) is 0 Å². The lowest BCUT2D eigenvalue weighted by Crippen LogP contribution is -2.32. The van der Waals surface area contributed by atoms with Gasteiger partial charge in [0.25, 0.3) is 0 Å². The summed E-state index contributed by atoms with van der Waals surface area (Å²) in [5.41, 5.74) is 5.13. The molecule has 0 saturated carbocycles. The van der Waals surface area contributed by atoms with Gasteiger partial charge in [0.05, 0.1) is 0 Å². The molecule has 0 radical (unpaired) electrons. The van der Waals surface area contributed by atoms with Gasteiger partial charge in [-0.05, 0) is 61.3 Å². The first-order valence-electron chi connectivity index (χ1n) is 8.17. The van der Waals surface area contributed by atoms with Crippen LogP contribution in [0.1, 0.15) is 17.5 Å². The third kappa shape index (κ3) is 4.23. The number of thiocarbonyl (C=S) groups is 1. The van der Waals surface area contributed by atoms with E-state index >= 15 is 0 Å². The summed E-state index contributed by atoms with van der Waals surface area (Å²) in [4.78, 5) is 2.47. The molecule has 1 aliphatic rings. The van der Waals surface area contributed by atoms with Crippen molar-refractivity contribution >= 4 is 28.7 Å². The lowest BCUT2D eigenvalue weighted by Gasteiger charge is -2.19. The van der Waals surface area contributed by atoms with Crippen molar-refractivity contribution in [3.63, 3.8) is 0 Å². The van der Waals surface area contributed by atoms with Gasteiger partial charge in [-0.25, -0.2) is 0 Å². The molecule has 23 heavy (non-hydrogen) atoms. The molecule has 0 bridgehead atoms. The lowest BCUT2D eigenvalue weighted by atomic mass is 10.2. The van der Waals surface area contributed by atoms with Crippen LogP contribution < -0.4 is 15.5 Å². The summed E-state index contributed by atoms with van der Waals surface area (Å²) < 4.78 is 0. The van der Waals surface area contributed by atoms with E-state index in [0.29, 0.717) is 5.11 Å². The molecule has 2 N–H and O–H groups in total. The summed E-state index contributed by atoms with van der Waals surface area (Å²) in [6.07, 6.45) is 2.24. The van der Waals surface area contributed by atoms with Gasteiger partial charge in [0.1, 0.15) is 0 Å². The Hall–Kier alpha value is -2.07. The zero-order valence-electron chi connectivity index (χ0n) is 13.5. The molecule has 0 aromatic heterocycles. The maximum atomic E-state index is 5.35. The summed E-state index contributed by atoms with van der Waals surface area (Å²) in [5, 5.41) is 7.22. The molecule has 0 spiro atoms. The molecule has 0 aliphatic carbocycles. The van der Waals surface area contributed by atoms with Crippen LogP contribution in [0.5, 0.6) is 0 Å². The molecule has 1 aliphatic heterocycles. The van der Waals surface area contributed by atoms with Gasteiger partial charge in [-0.3, -0.25) is 0 Å². The number of hydrogen-bond donors (Lipinski definition) is 2. The van der Waals surface area contributed by atoms with Crippen molar-refractivity contribution in [3.8, 4) is 0 Å². The van der Waals surface area contributed by atoms with Crippen molar-refractivity contribution < 1.29 is 0 Å². The van der Waals surface area contributed by atoms with Crippen molar-refractivity contribution in [1.82, 2.24) is 5.32 Å². The van der Waals surface area contributed by atoms with Crippen LogP contribution >= 0.6 is 12.2 Å². The Morgan fingerprint density at radius 1 is 1.17 bits per heavy atom. The standard InChI is InChI=1S/C19H23N3S/c1-15-6-4-8-17(14-15)21-19(23)20-11-5-12-22-13-10-16-7-2-3-9-18(16)22/h2-4,6-9,14H,5,10-13H2,1H3,(H2,20,21,23). The first kappa shape index (κ1) is 15.8. The second-order valence-electron chi connectivity index (χ2n) is 5.97. The Kier molecular flexibility index (Phi) is 5.13. The van der Waals surface area contributed by atoms with Crippen LogP contribution in [0.3, 0.4) is 0 Å². The summed E-state index contributed by atoms with van der Waals surface area (Å²) >= 11 is 5.35. The Balaban J connectivity index is 1.40. The van der Waals surface area contributed by atoms with Crippen molar-refractivity contribution in [3.05, 3.63) is 59.7 Å². The van der Waals surface area contributed by atoms with Gasteiger partial charge in [0, 0.05) is 31.0 Å². The Labute approximate surface area is 143 Å². The van der Waals surface area contributed by atoms with Crippen LogP contribution in [0.2, 0.25) is 0 Å². The average molecular weight is 325 g/mol. The third-order valence-corrected chi connectivity index (χ3v) is 4.40. The molecule has 120 valence electrons. The van der Waals surface area contributed by atoms with Crippen molar-refractivity contribution in [1.29, 1.82) is 0 Å². The largest absolute Gasteiger partial charge is 0.371 e. The summed E-state index contributed by atoms with van der Waals surface area (Å²) in [6, 6.07) is 16.9. The second kappa shape index (κ2) is 7.47. The number of benzene rings is 2. The second-order valence-corrected chi connectivity index (χ2v) is 6.38. The Morgan fingerprint density at radius 3 is 2.91 bits per heavy atom. The van der Waals surface area contributed by atoms with Crippen LogP contribution in [-0.2, 0) is 6.42 Å². The minimum Gasteiger partial charge on any atom is -0.371 e. The van der Waals surface area contributed by atoms with Gasteiger partial charge < -0.3 is 15.5 Å². The molecule has 0 fully saturated rings. The molecule has 0 unspecified atom stereocenters. The maximum Gasteiger partial charge on any atom is 0.170 e. The minimum absolute atomic E-state index is 0.692. The molecule has 4 heteroatoms. The first-order valence-corrected chi connectivity index (χ1v) is 8.57. The Bertz CT molecular complexity index is 684. The van der Waals surface area contributed by atoms with Crippen LogP contribution in [-0.4, -0.2) is 24.7 Å². The van der Waals surface area contributed by atoms with E-state index in [2.05, 4.69) is 58.9 Å². The van der Waals surface area contributed by atoms with Crippen LogP contribution in [0, 0.1) is 6.92 Å². The number of aryl methyl sites for hydroxylation is 1. The first-order chi connectivity index (χ1) is 11.2. The van der Waals surface area contributed by atoms with E-state index in [-0.39, 0.29) is 0 Å². The molecule has 0 atom stereocenters. The highest BCUT2D eigenvalue weighted by Crippen LogP contribution is 2.27. The number of fused-ring (bicyclic) bond motifs is 1. The zero-order valence-corrected chi connectivity index (χ0v) is 14.3. The topological polar surface area (TPSA) is 27.3 Å². The predicted molar refractivity (Wildman–Crippen MR) is 102 cm³/mol. The quantitative estimate of drug-likeness (QED) is 0.647. The molecule has 0 amide bonds. The van der Waals surface area contributed by atoms with E-state index in [4.69, 9.17) is 12.2 Å². The molecule has 0 saturated heterocycles. The minimum atomic E-state index is 0.692. The van der Waals surface area contributed by atoms with Crippen LogP contribution in [0.25, 0.3) is 0 Å². The number of anilines is 2. The van der Waals surface area contributed by atoms with Crippen LogP contribution in [0.4, 0.5) is 11.4 Å². The van der Waals surface area contributed by atoms with Gasteiger partial charge in [0.2, 0.25) is 0 Å². The molecule has 2 aromatic carbocycles. The van der Waals surface area contributed by atoms with E-state index in [1.165, 1.54) is 16.8 Å². The fraction of sp³-hybridized carbons (Fsp3) is 0.316. The third-order valence-electron chi connectivity index (χ3n) is 4.15. The number of hydrogen-bond acceptors (Lipinski definition) is 2. The van der Waals surface area contributed by atoms with E-state index in [0.717, 1.165) is 38.2 Å². The number of nitrogens with one attached hydrogen (secondary N) is 2. The molecular weight excluding hydrogens is 302 g/mol. The molecule has 2 aromatic rings. The molecule has 1 heterocycles. The van der Waals surface area contributed by atoms with E-state index in [9.17, 15) is 0 Å². The predicted octanol–water partition coefficient (Wildman–Crippen LogP) is 3.73. The summed E-state index contributed by atoms with van der Waals surface area (Å²) in [5.74, 6) is 0. The number of rotatable bonds is 5. The molecule has 3 nitrogen and oxygen atoms in total. The van der Waals surface area contributed by atoms with E-state index in [1.807, 2.05) is 12.1 Å². The Morgan fingerprint density at radius 2 is 2.04 bits per heavy atom. The molecule has 3 rings (SSSR count). The van der Waals surface area contributed by atoms with Gasteiger partial charge in [-0.1, -0.05) is 30.3 Å². The average Bonchev–Trinajstić information content (AvgIpc) is 2.95. The van der Waals surface area contributed by atoms with Crippen molar-refractivity contribution in [2.24, 2.45) is 0 Å². The van der Waals surface area contributed by atoms with Gasteiger partial charge in [-0.2, -0.15) is 0 Å². The van der Waals surface area contributed by atoms with E-state index < -0.39 is 0 Å². The van der Waals surface area contributed by atoms with Crippen molar-refractivity contribution in [2.75, 3.05) is 29.9 Å². The monoisotopic (exact) mass is 325 g/mol. The fourth-order valence-corrected chi connectivity index (χ4v) is 3.23. The fourth-order valence-electron chi connectivity index (χ4n) is 3.01. The highest BCUT2D eigenvalue weighted by atomic mass is 32.1. The summed E-state index contributed by atoms with van der Waals surface area (Å²) in [6.45, 7) is 5.16. The lowest BCUT2D eigenvalue weighted by molar-refractivity contribution is 0.730. The van der Waals surface area contributed by atoms with E-state index in [1.54, 1.807) is 0 Å². The smallest absolute Gasteiger partial charge is 0.170 e. The highest BCUT2D eigenvalue weighted by Gasteiger charge is 2.17. The number of para-hydroxylation sites is 1. The summed E-state index contributed by atoms with van der Waals surface area (Å²) in [7, 11) is 0. The van der Waals surface area contributed by atoms with Crippen LogP contribution in [0.15, 0.2) is 48.5 Å². The van der Waals surface area contributed by atoms with Gasteiger partial charge >= 0.3 is 0 Å². The van der Waals surface area contributed by atoms with Crippen molar-refractivity contribution in [2.45, 2.75) is 19.8 Å². The van der Waals surface area contributed by atoms with Gasteiger partial charge in [0.15, 0.2) is 5.11 Å². The normalized spacial score (nSPS) is 12.8.